The summed E-state index contributed by atoms with van der Waals surface area (Å²) in [6.07, 6.45) is 1.49. The number of rotatable bonds is 4. The van der Waals surface area contributed by atoms with E-state index in [9.17, 15) is 4.39 Å². The van der Waals surface area contributed by atoms with Crippen molar-refractivity contribution in [2.24, 2.45) is 5.16 Å². The summed E-state index contributed by atoms with van der Waals surface area (Å²) in [6, 6.07) is 15.2. The van der Waals surface area contributed by atoms with Crippen molar-refractivity contribution in [1.29, 1.82) is 5.26 Å². The van der Waals surface area contributed by atoms with Crippen molar-refractivity contribution >= 4 is 6.21 Å². The van der Waals surface area contributed by atoms with Gasteiger partial charge in [-0.2, -0.15) is 5.26 Å². The molecule has 0 aromatic heterocycles. The third-order valence-corrected chi connectivity index (χ3v) is 2.50. The summed E-state index contributed by atoms with van der Waals surface area (Å²) >= 11 is 0. The average molecular weight is 254 g/mol. The number of hydrogen-bond donors (Lipinski definition) is 0. The number of hydrogen-bond acceptors (Lipinski definition) is 3. The molecule has 0 fully saturated rings. The molecule has 0 bridgehead atoms. The maximum absolute atomic E-state index is 12.7. The van der Waals surface area contributed by atoms with Gasteiger partial charge in [-0.15, -0.1) is 0 Å². The van der Waals surface area contributed by atoms with Gasteiger partial charge in [0.05, 0.1) is 17.8 Å². The Kier molecular flexibility index (Phi) is 4.25. The summed E-state index contributed by atoms with van der Waals surface area (Å²) in [5.41, 5.74) is 2.09. The lowest BCUT2D eigenvalue weighted by molar-refractivity contribution is 0.132. The Labute approximate surface area is 110 Å². The van der Waals surface area contributed by atoms with Crippen LogP contribution < -0.4 is 0 Å². The molecule has 0 saturated heterocycles. The fraction of sp³-hybridized carbons (Fsp3) is 0.0667. The molecular weight excluding hydrogens is 243 g/mol. The lowest BCUT2D eigenvalue weighted by Gasteiger charge is -2.01. The van der Waals surface area contributed by atoms with Crippen LogP contribution >= 0.6 is 0 Å². The molecule has 0 radical (unpaired) electrons. The van der Waals surface area contributed by atoms with E-state index in [1.165, 1.54) is 18.3 Å². The summed E-state index contributed by atoms with van der Waals surface area (Å²) in [7, 11) is 0. The summed E-state index contributed by atoms with van der Waals surface area (Å²) in [4.78, 5) is 5.12. The topological polar surface area (TPSA) is 45.4 Å². The fourth-order valence-electron chi connectivity index (χ4n) is 1.51. The first kappa shape index (κ1) is 12.8. The summed E-state index contributed by atoms with van der Waals surface area (Å²) in [6.45, 7) is 0.224. The molecule has 2 rings (SSSR count). The standard InChI is InChI=1S/C15H11FN2O/c16-15-7-5-12(6-8-15)10-18-19-11-14-4-2-1-3-13(14)9-17/h1-8,10H,11H2. The van der Waals surface area contributed by atoms with Crippen molar-refractivity contribution < 1.29 is 9.23 Å². The lowest BCUT2D eigenvalue weighted by atomic mass is 10.1. The monoisotopic (exact) mass is 254 g/mol. The van der Waals surface area contributed by atoms with Gasteiger partial charge in [-0.3, -0.25) is 0 Å². The normalized spacial score (nSPS) is 10.3. The molecule has 0 N–H and O–H groups in total. The van der Waals surface area contributed by atoms with Gasteiger partial charge in [-0.1, -0.05) is 35.5 Å². The highest BCUT2D eigenvalue weighted by molar-refractivity contribution is 5.78. The number of nitriles is 1. The van der Waals surface area contributed by atoms with Crippen LogP contribution in [0.2, 0.25) is 0 Å². The van der Waals surface area contributed by atoms with E-state index in [2.05, 4.69) is 11.2 Å². The Morgan fingerprint density at radius 3 is 2.63 bits per heavy atom. The quantitative estimate of drug-likeness (QED) is 0.621. The molecule has 3 nitrogen and oxygen atoms in total. The van der Waals surface area contributed by atoms with Crippen LogP contribution in [0.25, 0.3) is 0 Å². The van der Waals surface area contributed by atoms with Gasteiger partial charge in [0, 0.05) is 5.56 Å². The zero-order valence-electron chi connectivity index (χ0n) is 10.1. The van der Waals surface area contributed by atoms with Gasteiger partial charge in [0.25, 0.3) is 0 Å². The Hall–Kier alpha value is -2.67. The number of benzene rings is 2. The van der Waals surface area contributed by atoms with E-state index in [0.717, 1.165) is 11.1 Å². The maximum atomic E-state index is 12.7. The zero-order valence-corrected chi connectivity index (χ0v) is 10.1. The van der Waals surface area contributed by atoms with Crippen LogP contribution in [0.15, 0.2) is 53.7 Å². The van der Waals surface area contributed by atoms with Crippen molar-refractivity contribution in [3.05, 3.63) is 71.0 Å². The minimum Gasteiger partial charge on any atom is -0.391 e. The van der Waals surface area contributed by atoms with Gasteiger partial charge in [-0.25, -0.2) is 4.39 Å². The van der Waals surface area contributed by atoms with Crippen LogP contribution in [0.3, 0.4) is 0 Å². The molecule has 0 atom stereocenters. The van der Waals surface area contributed by atoms with E-state index in [4.69, 9.17) is 10.1 Å². The van der Waals surface area contributed by atoms with Gasteiger partial charge in [0.1, 0.15) is 12.4 Å². The molecule has 2 aromatic rings. The van der Waals surface area contributed by atoms with Crippen LogP contribution in [0, 0.1) is 17.1 Å². The molecule has 0 saturated carbocycles. The van der Waals surface area contributed by atoms with E-state index in [-0.39, 0.29) is 12.4 Å². The molecule has 0 amide bonds. The molecule has 0 unspecified atom stereocenters. The third-order valence-electron chi connectivity index (χ3n) is 2.50. The van der Waals surface area contributed by atoms with E-state index >= 15 is 0 Å². The molecule has 0 spiro atoms. The van der Waals surface area contributed by atoms with Crippen molar-refractivity contribution in [1.82, 2.24) is 0 Å². The summed E-state index contributed by atoms with van der Waals surface area (Å²) in [5.74, 6) is -0.291. The fourth-order valence-corrected chi connectivity index (χ4v) is 1.51. The molecule has 19 heavy (non-hydrogen) atoms. The van der Waals surface area contributed by atoms with Gasteiger partial charge in [-0.05, 0) is 23.8 Å². The predicted molar refractivity (Wildman–Crippen MR) is 69.9 cm³/mol. The molecule has 0 aliphatic heterocycles. The van der Waals surface area contributed by atoms with Crippen LogP contribution in [-0.4, -0.2) is 6.21 Å². The first-order valence-corrected chi connectivity index (χ1v) is 5.68. The van der Waals surface area contributed by atoms with E-state index in [0.29, 0.717) is 5.56 Å². The Balaban J connectivity index is 1.93. The molecule has 94 valence electrons. The zero-order chi connectivity index (χ0) is 13.5. The molecule has 2 aromatic carbocycles. The minimum absolute atomic E-state index is 0.224. The van der Waals surface area contributed by atoms with Crippen LogP contribution in [0.5, 0.6) is 0 Å². The number of halogens is 1. The van der Waals surface area contributed by atoms with Crippen molar-refractivity contribution in [3.8, 4) is 6.07 Å². The minimum atomic E-state index is -0.291. The number of nitrogens with zero attached hydrogens (tertiary/aromatic N) is 2. The lowest BCUT2D eigenvalue weighted by Crippen LogP contribution is -1.92. The van der Waals surface area contributed by atoms with E-state index < -0.39 is 0 Å². The SMILES string of the molecule is N#Cc1ccccc1CON=Cc1ccc(F)cc1. The van der Waals surface area contributed by atoms with Gasteiger partial charge >= 0.3 is 0 Å². The summed E-state index contributed by atoms with van der Waals surface area (Å²) in [5, 5.41) is 12.7. The third kappa shape index (κ3) is 3.65. The maximum Gasteiger partial charge on any atom is 0.143 e. The highest BCUT2D eigenvalue weighted by atomic mass is 19.1. The Bertz CT molecular complexity index is 615. The second-order valence-corrected chi connectivity index (χ2v) is 3.83. The van der Waals surface area contributed by atoms with Gasteiger partial charge in [0.2, 0.25) is 0 Å². The Morgan fingerprint density at radius 2 is 1.89 bits per heavy atom. The highest BCUT2D eigenvalue weighted by Crippen LogP contribution is 2.08. The van der Waals surface area contributed by atoms with Gasteiger partial charge in [0.15, 0.2) is 0 Å². The molecule has 0 aliphatic carbocycles. The summed E-state index contributed by atoms with van der Waals surface area (Å²) < 4.78 is 12.7. The first-order chi connectivity index (χ1) is 9.29. The predicted octanol–water partition coefficient (Wildman–Crippen LogP) is 3.25. The second-order valence-electron chi connectivity index (χ2n) is 3.83. The molecular formula is C15H11FN2O. The molecule has 0 aliphatic rings. The first-order valence-electron chi connectivity index (χ1n) is 5.68. The van der Waals surface area contributed by atoms with Crippen molar-refractivity contribution in [2.45, 2.75) is 6.61 Å². The van der Waals surface area contributed by atoms with Gasteiger partial charge < -0.3 is 4.84 Å². The Morgan fingerprint density at radius 1 is 1.16 bits per heavy atom. The highest BCUT2D eigenvalue weighted by Gasteiger charge is 1.99. The molecule has 4 heteroatoms. The second kappa shape index (κ2) is 6.31. The average Bonchev–Trinajstić information content (AvgIpc) is 2.46. The largest absolute Gasteiger partial charge is 0.391 e. The van der Waals surface area contributed by atoms with E-state index in [1.807, 2.05) is 12.1 Å². The van der Waals surface area contributed by atoms with Crippen LogP contribution in [-0.2, 0) is 11.4 Å². The smallest absolute Gasteiger partial charge is 0.143 e. The molecule has 0 heterocycles. The van der Waals surface area contributed by atoms with Crippen LogP contribution in [0.1, 0.15) is 16.7 Å². The van der Waals surface area contributed by atoms with Crippen molar-refractivity contribution in [3.63, 3.8) is 0 Å². The van der Waals surface area contributed by atoms with E-state index in [1.54, 1.807) is 24.3 Å². The number of oxime groups is 1. The van der Waals surface area contributed by atoms with Crippen molar-refractivity contribution in [2.75, 3.05) is 0 Å². The van der Waals surface area contributed by atoms with Crippen LogP contribution in [0.4, 0.5) is 4.39 Å².